The van der Waals surface area contributed by atoms with E-state index in [2.05, 4.69) is 9.88 Å². The molecule has 1 aromatic rings. The molecule has 1 aromatic heterocycles. The summed E-state index contributed by atoms with van der Waals surface area (Å²) in [5.74, 6) is 0.198. The van der Waals surface area contributed by atoms with Gasteiger partial charge in [0.05, 0.1) is 5.69 Å². The molecule has 0 atom stereocenters. The lowest BCUT2D eigenvalue weighted by molar-refractivity contribution is -0.119. The molecule has 102 valence electrons. The van der Waals surface area contributed by atoms with Gasteiger partial charge in [-0.15, -0.1) is 0 Å². The fraction of sp³-hybridized carbons (Fsp3) is 0.462. The number of amides is 1. The van der Waals surface area contributed by atoms with Crippen LogP contribution >= 0.6 is 12.2 Å². The molecule has 5 nitrogen and oxygen atoms in total. The SMILES string of the molecule is NC(=O)CC1CCN(c2ccnc(C(N)=S)c2)CC1. The van der Waals surface area contributed by atoms with Crippen molar-refractivity contribution >= 4 is 28.8 Å². The van der Waals surface area contributed by atoms with Crippen molar-refractivity contribution in [3.63, 3.8) is 0 Å². The highest BCUT2D eigenvalue weighted by Crippen LogP contribution is 2.25. The van der Waals surface area contributed by atoms with E-state index in [1.807, 2.05) is 12.1 Å². The van der Waals surface area contributed by atoms with E-state index in [4.69, 9.17) is 23.7 Å². The highest BCUT2D eigenvalue weighted by molar-refractivity contribution is 7.80. The lowest BCUT2D eigenvalue weighted by Gasteiger charge is -2.33. The monoisotopic (exact) mass is 278 g/mol. The van der Waals surface area contributed by atoms with Crippen LogP contribution in [0.15, 0.2) is 18.3 Å². The van der Waals surface area contributed by atoms with Crippen LogP contribution in [0.5, 0.6) is 0 Å². The number of hydrogen-bond acceptors (Lipinski definition) is 4. The normalized spacial score (nSPS) is 16.3. The maximum absolute atomic E-state index is 10.9. The molecule has 1 amide bonds. The molecule has 0 aromatic carbocycles. The number of rotatable bonds is 4. The van der Waals surface area contributed by atoms with Gasteiger partial charge in [0.25, 0.3) is 0 Å². The summed E-state index contributed by atoms with van der Waals surface area (Å²) in [5, 5.41) is 0. The molecule has 19 heavy (non-hydrogen) atoms. The predicted octanol–water partition coefficient (Wildman–Crippen LogP) is 0.808. The van der Waals surface area contributed by atoms with Crippen LogP contribution in [0.4, 0.5) is 5.69 Å². The van der Waals surface area contributed by atoms with Gasteiger partial charge >= 0.3 is 0 Å². The number of nitrogens with two attached hydrogens (primary N) is 2. The Kier molecular flexibility index (Phi) is 4.31. The molecule has 2 heterocycles. The molecule has 0 radical (unpaired) electrons. The Balaban J connectivity index is 1.99. The van der Waals surface area contributed by atoms with Gasteiger partial charge in [0, 0.05) is 31.4 Å². The van der Waals surface area contributed by atoms with Crippen LogP contribution in [-0.2, 0) is 4.79 Å². The number of hydrogen-bond donors (Lipinski definition) is 2. The number of carbonyl (C=O) groups excluding carboxylic acids is 1. The molecule has 0 spiro atoms. The third-order valence-corrected chi connectivity index (χ3v) is 3.67. The van der Waals surface area contributed by atoms with Crippen LogP contribution in [0.1, 0.15) is 25.0 Å². The zero-order chi connectivity index (χ0) is 13.8. The Morgan fingerprint density at radius 1 is 1.42 bits per heavy atom. The van der Waals surface area contributed by atoms with Gasteiger partial charge in [0.1, 0.15) is 4.99 Å². The van der Waals surface area contributed by atoms with Gasteiger partial charge in [-0.1, -0.05) is 12.2 Å². The van der Waals surface area contributed by atoms with Crippen molar-refractivity contribution in [3.8, 4) is 0 Å². The van der Waals surface area contributed by atoms with Crippen molar-refractivity contribution in [1.82, 2.24) is 4.98 Å². The summed E-state index contributed by atoms with van der Waals surface area (Å²) in [6.07, 6.45) is 4.17. The molecule has 1 aliphatic heterocycles. The first-order valence-corrected chi connectivity index (χ1v) is 6.76. The number of piperidine rings is 1. The fourth-order valence-corrected chi connectivity index (χ4v) is 2.54. The number of aromatic nitrogens is 1. The van der Waals surface area contributed by atoms with Crippen molar-refractivity contribution < 1.29 is 4.79 Å². The van der Waals surface area contributed by atoms with Gasteiger partial charge < -0.3 is 16.4 Å². The van der Waals surface area contributed by atoms with Crippen molar-refractivity contribution in [1.29, 1.82) is 0 Å². The zero-order valence-corrected chi connectivity index (χ0v) is 11.5. The average Bonchev–Trinajstić information content (AvgIpc) is 2.39. The molecule has 1 aliphatic rings. The van der Waals surface area contributed by atoms with Gasteiger partial charge in [-0.05, 0) is 30.9 Å². The number of carbonyl (C=O) groups is 1. The maximum atomic E-state index is 10.9. The summed E-state index contributed by atoms with van der Waals surface area (Å²) in [5.41, 5.74) is 12.5. The third-order valence-electron chi connectivity index (χ3n) is 3.47. The molecule has 0 saturated carbocycles. The summed E-state index contributed by atoms with van der Waals surface area (Å²) in [6.45, 7) is 1.83. The molecule has 1 fully saturated rings. The minimum Gasteiger partial charge on any atom is -0.388 e. The Bertz CT molecular complexity index is 483. The second kappa shape index (κ2) is 5.97. The molecule has 0 bridgehead atoms. The second-order valence-electron chi connectivity index (χ2n) is 4.86. The molecule has 0 unspecified atom stereocenters. The number of anilines is 1. The topological polar surface area (TPSA) is 85.2 Å². The third kappa shape index (κ3) is 3.64. The predicted molar refractivity (Wildman–Crippen MR) is 78.9 cm³/mol. The summed E-state index contributed by atoms with van der Waals surface area (Å²) >= 11 is 4.93. The average molecular weight is 278 g/mol. The van der Waals surface area contributed by atoms with Crippen LogP contribution in [0, 0.1) is 5.92 Å². The highest BCUT2D eigenvalue weighted by atomic mass is 32.1. The van der Waals surface area contributed by atoms with Gasteiger partial charge in [0.15, 0.2) is 0 Å². The standard InChI is InChI=1S/C13H18N4OS/c14-12(18)7-9-2-5-17(6-3-9)10-1-4-16-11(8-10)13(15)19/h1,4,8-9H,2-3,5-7H2,(H2,14,18)(H2,15,19). The molecular weight excluding hydrogens is 260 g/mol. The first kappa shape index (κ1) is 13.7. The van der Waals surface area contributed by atoms with Crippen LogP contribution in [-0.4, -0.2) is 29.0 Å². The van der Waals surface area contributed by atoms with Gasteiger partial charge in [-0.3, -0.25) is 9.78 Å². The largest absolute Gasteiger partial charge is 0.388 e. The Labute approximate surface area is 118 Å². The molecule has 0 aliphatic carbocycles. The van der Waals surface area contributed by atoms with Crippen LogP contribution in [0.25, 0.3) is 0 Å². The van der Waals surface area contributed by atoms with E-state index in [0.29, 0.717) is 23.0 Å². The summed E-state index contributed by atoms with van der Waals surface area (Å²) in [6, 6.07) is 3.87. The van der Waals surface area contributed by atoms with E-state index in [1.165, 1.54) is 0 Å². The summed E-state index contributed by atoms with van der Waals surface area (Å²) < 4.78 is 0. The number of nitrogens with zero attached hydrogens (tertiary/aromatic N) is 2. The quantitative estimate of drug-likeness (QED) is 0.796. The maximum Gasteiger partial charge on any atom is 0.217 e. The second-order valence-corrected chi connectivity index (χ2v) is 5.30. The highest BCUT2D eigenvalue weighted by Gasteiger charge is 2.21. The minimum atomic E-state index is -0.210. The van der Waals surface area contributed by atoms with Crippen molar-refractivity contribution in [2.45, 2.75) is 19.3 Å². The van der Waals surface area contributed by atoms with Crippen molar-refractivity contribution in [2.24, 2.45) is 17.4 Å². The lowest BCUT2D eigenvalue weighted by Crippen LogP contribution is -2.35. The number of primary amides is 1. The molecule has 6 heteroatoms. The van der Waals surface area contributed by atoms with Crippen LogP contribution in [0.3, 0.4) is 0 Å². The van der Waals surface area contributed by atoms with Crippen LogP contribution in [0.2, 0.25) is 0 Å². The lowest BCUT2D eigenvalue weighted by atomic mass is 9.93. The molecule has 1 saturated heterocycles. The van der Waals surface area contributed by atoms with E-state index in [9.17, 15) is 4.79 Å². The minimum absolute atomic E-state index is 0.210. The summed E-state index contributed by atoms with van der Waals surface area (Å²) in [4.78, 5) is 17.6. The number of thiocarbonyl (C=S) groups is 1. The Hall–Kier alpha value is -1.69. The Morgan fingerprint density at radius 2 is 2.11 bits per heavy atom. The first-order valence-electron chi connectivity index (χ1n) is 6.35. The van der Waals surface area contributed by atoms with Crippen LogP contribution < -0.4 is 16.4 Å². The fourth-order valence-electron chi connectivity index (χ4n) is 2.43. The van der Waals surface area contributed by atoms with Crippen molar-refractivity contribution in [3.05, 3.63) is 24.0 Å². The van der Waals surface area contributed by atoms with E-state index >= 15 is 0 Å². The first-order chi connectivity index (χ1) is 9.06. The number of pyridine rings is 1. The van der Waals surface area contributed by atoms with Crippen molar-refractivity contribution in [2.75, 3.05) is 18.0 Å². The van der Waals surface area contributed by atoms with Gasteiger partial charge in [-0.2, -0.15) is 0 Å². The zero-order valence-electron chi connectivity index (χ0n) is 10.7. The van der Waals surface area contributed by atoms with E-state index in [1.54, 1.807) is 6.20 Å². The van der Waals surface area contributed by atoms with E-state index in [0.717, 1.165) is 31.6 Å². The van der Waals surface area contributed by atoms with E-state index < -0.39 is 0 Å². The smallest absolute Gasteiger partial charge is 0.217 e. The van der Waals surface area contributed by atoms with E-state index in [-0.39, 0.29) is 5.91 Å². The summed E-state index contributed by atoms with van der Waals surface area (Å²) in [7, 11) is 0. The van der Waals surface area contributed by atoms with Gasteiger partial charge in [0.2, 0.25) is 5.91 Å². The molecule has 4 N–H and O–H groups in total. The molecule has 2 rings (SSSR count). The molecular formula is C13H18N4OS. The van der Waals surface area contributed by atoms with Gasteiger partial charge in [-0.25, -0.2) is 0 Å². The Morgan fingerprint density at radius 3 is 2.68 bits per heavy atom.